The minimum Gasteiger partial charge on any atom is -0.489 e. The molecule has 2 aromatic rings. The highest BCUT2D eigenvalue weighted by atomic mass is 79.9. The van der Waals surface area contributed by atoms with Crippen molar-refractivity contribution < 1.29 is 13.5 Å². The van der Waals surface area contributed by atoms with E-state index in [0.717, 1.165) is 22.0 Å². The van der Waals surface area contributed by atoms with Crippen molar-refractivity contribution in [3.05, 3.63) is 58.1 Å². The van der Waals surface area contributed by atoms with Crippen molar-refractivity contribution in [2.24, 2.45) is 0 Å². The molecule has 1 aliphatic heterocycles. The van der Waals surface area contributed by atoms with E-state index in [1.54, 1.807) is 6.07 Å². The molecule has 0 saturated carbocycles. The van der Waals surface area contributed by atoms with Gasteiger partial charge in [0, 0.05) is 4.47 Å². The molecule has 2 nitrogen and oxygen atoms in total. The molecule has 2 aromatic carbocycles. The average Bonchev–Trinajstić information content (AvgIpc) is 2.41. The molecule has 19 heavy (non-hydrogen) atoms. The van der Waals surface area contributed by atoms with Gasteiger partial charge in [-0.05, 0) is 35.9 Å². The van der Waals surface area contributed by atoms with E-state index in [1.165, 1.54) is 6.07 Å². The molecule has 5 heteroatoms. The maximum Gasteiger partial charge on any atom is 0.159 e. The van der Waals surface area contributed by atoms with Crippen LogP contribution < -0.4 is 10.1 Å². The fraction of sp³-hybridized carbons (Fsp3) is 0.143. The normalized spacial score (nSPS) is 17.3. The third-order valence-electron chi connectivity index (χ3n) is 3.02. The molecule has 0 aromatic heterocycles. The van der Waals surface area contributed by atoms with E-state index in [1.807, 2.05) is 18.2 Å². The number of fused-ring (bicyclic) bond motifs is 1. The molecular weight excluding hydrogens is 316 g/mol. The van der Waals surface area contributed by atoms with Crippen LogP contribution in [0, 0.1) is 11.6 Å². The molecule has 0 spiro atoms. The molecule has 1 atom stereocenters. The third kappa shape index (κ3) is 2.42. The molecule has 1 heterocycles. The van der Waals surface area contributed by atoms with Crippen LogP contribution in [0.2, 0.25) is 0 Å². The highest BCUT2D eigenvalue weighted by Gasteiger charge is 2.21. The van der Waals surface area contributed by atoms with Crippen molar-refractivity contribution in [1.29, 1.82) is 0 Å². The molecule has 0 amide bonds. The number of hydrogen-bond donors (Lipinski definition) is 1. The van der Waals surface area contributed by atoms with Crippen molar-refractivity contribution >= 4 is 21.6 Å². The van der Waals surface area contributed by atoms with Crippen LogP contribution in [0.3, 0.4) is 0 Å². The number of anilines is 1. The minimum absolute atomic E-state index is 0.197. The first-order valence-corrected chi connectivity index (χ1v) is 6.56. The number of benzene rings is 2. The van der Waals surface area contributed by atoms with Gasteiger partial charge in [0.2, 0.25) is 0 Å². The summed E-state index contributed by atoms with van der Waals surface area (Å²) in [7, 11) is 0. The van der Waals surface area contributed by atoms with Gasteiger partial charge in [0.05, 0.1) is 11.7 Å². The number of hydrogen-bond acceptors (Lipinski definition) is 2. The van der Waals surface area contributed by atoms with Crippen LogP contribution in [-0.2, 0) is 0 Å². The predicted molar refractivity (Wildman–Crippen MR) is 72.4 cm³/mol. The van der Waals surface area contributed by atoms with E-state index in [-0.39, 0.29) is 6.04 Å². The zero-order valence-corrected chi connectivity index (χ0v) is 11.4. The summed E-state index contributed by atoms with van der Waals surface area (Å²) in [6.45, 7) is 0.375. The van der Waals surface area contributed by atoms with E-state index < -0.39 is 11.6 Å². The Hall–Kier alpha value is -1.62. The van der Waals surface area contributed by atoms with E-state index in [0.29, 0.717) is 12.2 Å². The molecule has 0 bridgehead atoms. The molecule has 0 saturated heterocycles. The Labute approximate surface area is 117 Å². The lowest BCUT2D eigenvalue weighted by molar-refractivity contribution is 0.286. The molecule has 0 radical (unpaired) electrons. The maximum atomic E-state index is 13.2. The van der Waals surface area contributed by atoms with Crippen molar-refractivity contribution in [3.63, 3.8) is 0 Å². The predicted octanol–water partition coefficient (Wildman–Crippen LogP) is 4.27. The van der Waals surface area contributed by atoms with E-state index >= 15 is 0 Å². The van der Waals surface area contributed by atoms with E-state index in [2.05, 4.69) is 21.2 Å². The number of ether oxygens (including phenoxy) is 1. The van der Waals surface area contributed by atoms with Gasteiger partial charge in [0.25, 0.3) is 0 Å². The highest BCUT2D eigenvalue weighted by molar-refractivity contribution is 9.10. The molecule has 1 N–H and O–H groups in total. The Morgan fingerprint density at radius 2 is 1.95 bits per heavy atom. The number of nitrogens with one attached hydrogen (secondary N) is 1. The second kappa shape index (κ2) is 4.81. The summed E-state index contributed by atoms with van der Waals surface area (Å²) in [4.78, 5) is 0. The molecular formula is C14H10BrF2NO. The van der Waals surface area contributed by atoms with E-state index in [9.17, 15) is 8.78 Å². The zero-order valence-electron chi connectivity index (χ0n) is 9.79. The first-order valence-electron chi connectivity index (χ1n) is 5.77. The summed E-state index contributed by atoms with van der Waals surface area (Å²) in [5.41, 5.74) is 1.49. The minimum atomic E-state index is -0.848. The van der Waals surface area contributed by atoms with Crippen molar-refractivity contribution in [2.45, 2.75) is 6.04 Å². The summed E-state index contributed by atoms with van der Waals surface area (Å²) in [6.07, 6.45) is 0. The highest BCUT2D eigenvalue weighted by Crippen LogP contribution is 2.35. The zero-order chi connectivity index (χ0) is 13.4. The lowest BCUT2D eigenvalue weighted by Crippen LogP contribution is -2.24. The van der Waals surface area contributed by atoms with Crippen LogP contribution in [-0.4, -0.2) is 6.61 Å². The van der Waals surface area contributed by atoms with Crippen molar-refractivity contribution in [2.75, 3.05) is 11.9 Å². The van der Waals surface area contributed by atoms with Crippen LogP contribution in [0.5, 0.6) is 5.75 Å². The van der Waals surface area contributed by atoms with Crippen LogP contribution in [0.4, 0.5) is 14.5 Å². The molecule has 1 aliphatic rings. The van der Waals surface area contributed by atoms with Crippen molar-refractivity contribution in [3.8, 4) is 5.75 Å². The Kier molecular flexibility index (Phi) is 3.14. The Balaban J connectivity index is 1.90. The second-order valence-electron chi connectivity index (χ2n) is 4.32. The molecule has 3 rings (SSSR count). The summed E-state index contributed by atoms with van der Waals surface area (Å²) < 4.78 is 32.7. The van der Waals surface area contributed by atoms with Crippen molar-refractivity contribution in [1.82, 2.24) is 0 Å². The topological polar surface area (TPSA) is 21.3 Å². The number of halogens is 3. The SMILES string of the molecule is Fc1ccc(C2COc3ccc(Br)cc3N2)cc1F. The van der Waals surface area contributed by atoms with Crippen LogP contribution in [0.1, 0.15) is 11.6 Å². The summed E-state index contributed by atoms with van der Waals surface area (Å²) in [6, 6.07) is 9.31. The molecule has 98 valence electrons. The molecule has 0 fully saturated rings. The van der Waals surface area contributed by atoms with E-state index in [4.69, 9.17) is 4.74 Å². The second-order valence-corrected chi connectivity index (χ2v) is 5.24. The van der Waals surface area contributed by atoms with Gasteiger partial charge in [-0.2, -0.15) is 0 Å². The lowest BCUT2D eigenvalue weighted by atomic mass is 10.1. The third-order valence-corrected chi connectivity index (χ3v) is 3.52. The van der Waals surface area contributed by atoms with Gasteiger partial charge in [0.15, 0.2) is 11.6 Å². The first-order chi connectivity index (χ1) is 9.13. The summed E-state index contributed by atoms with van der Waals surface area (Å²) >= 11 is 3.38. The fourth-order valence-electron chi connectivity index (χ4n) is 2.05. The first kappa shape index (κ1) is 12.4. The van der Waals surface area contributed by atoms with Crippen LogP contribution in [0.15, 0.2) is 40.9 Å². The average molecular weight is 326 g/mol. The summed E-state index contributed by atoms with van der Waals surface area (Å²) in [5.74, 6) is -0.940. The van der Waals surface area contributed by atoms with Gasteiger partial charge in [-0.25, -0.2) is 8.78 Å². The van der Waals surface area contributed by atoms with Gasteiger partial charge in [-0.15, -0.1) is 0 Å². The van der Waals surface area contributed by atoms with Crippen LogP contribution in [0.25, 0.3) is 0 Å². The molecule has 1 unspecified atom stereocenters. The smallest absolute Gasteiger partial charge is 0.159 e. The summed E-state index contributed by atoms with van der Waals surface area (Å²) in [5, 5.41) is 3.26. The Morgan fingerprint density at radius 3 is 2.74 bits per heavy atom. The maximum absolute atomic E-state index is 13.2. The number of rotatable bonds is 1. The monoisotopic (exact) mass is 325 g/mol. The largest absolute Gasteiger partial charge is 0.489 e. The Morgan fingerprint density at radius 1 is 1.11 bits per heavy atom. The quantitative estimate of drug-likeness (QED) is 0.845. The lowest BCUT2D eigenvalue weighted by Gasteiger charge is -2.28. The van der Waals surface area contributed by atoms with Gasteiger partial charge < -0.3 is 10.1 Å². The van der Waals surface area contributed by atoms with Gasteiger partial charge in [0.1, 0.15) is 12.4 Å². The van der Waals surface area contributed by atoms with Gasteiger partial charge in [-0.1, -0.05) is 22.0 Å². The standard InChI is InChI=1S/C14H10BrF2NO/c15-9-2-4-14-12(6-9)18-13(7-19-14)8-1-3-10(16)11(17)5-8/h1-6,13,18H,7H2. The Bertz CT molecular complexity index is 633. The van der Waals surface area contributed by atoms with Gasteiger partial charge >= 0.3 is 0 Å². The van der Waals surface area contributed by atoms with Crippen LogP contribution >= 0.6 is 15.9 Å². The fourth-order valence-corrected chi connectivity index (χ4v) is 2.41. The van der Waals surface area contributed by atoms with Gasteiger partial charge in [-0.3, -0.25) is 0 Å². The molecule has 0 aliphatic carbocycles.